The first-order valence-corrected chi connectivity index (χ1v) is 18.6. The molecular formula is C51H32N4. The van der Waals surface area contributed by atoms with Crippen LogP contribution in [-0.2, 0) is 0 Å². The molecule has 9 aromatic carbocycles. The van der Waals surface area contributed by atoms with Crippen LogP contribution in [0.3, 0.4) is 0 Å². The zero-order chi connectivity index (χ0) is 36.3. The van der Waals surface area contributed by atoms with Crippen LogP contribution in [-0.4, -0.2) is 19.5 Å². The molecular weight excluding hydrogens is 669 g/mol. The van der Waals surface area contributed by atoms with E-state index in [1.165, 1.54) is 43.4 Å². The van der Waals surface area contributed by atoms with Crippen LogP contribution in [0.25, 0.3) is 105 Å². The van der Waals surface area contributed by atoms with Crippen LogP contribution in [0.1, 0.15) is 0 Å². The van der Waals surface area contributed by atoms with Gasteiger partial charge in [0.25, 0.3) is 0 Å². The lowest BCUT2D eigenvalue weighted by atomic mass is 10.0. The molecule has 0 atom stereocenters. The Morgan fingerprint density at radius 1 is 0.309 bits per heavy atom. The third-order valence-corrected chi connectivity index (χ3v) is 10.8. The number of rotatable bonds is 5. The molecule has 0 bridgehead atoms. The summed E-state index contributed by atoms with van der Waals surface area (Å²) in [5.41, 5.74) is 8.58. The molecule has 256 valence electrons. The first-order valence-electron chi connectivity index (χ1n) is 18.6. The molecule has 11 rings (SSSR count). The van der Waals surface area contributed by atoms with E-state index < -0.39 is 0 Å². The van der Waals surface area contributed by atoms with Gasteiger partial charge in [0.1, 0.15) is 0 Å². The molecule has 0 radical (unpaired) electrons. The van der Waals surface area contributed by atoms with Gasteiger partial charge in [0, 0.05) is 38.2 Å². The molecule has 0 saturated carbocycles. The van der Waals surface area contributed by atoms with Crippen molar-refractivity contribution in [3.8, 4) is 51.0 Å². The van der Waals surface area contributed by atoms with Crippen LogP contribution in [0.15, 0.2) is 194 Å². The summed E-state index contributed by atoms with van der Waals surface area (Å²) < 4.78 is 2.47. The van der Waals surface area contributed by atoms with Crippen molar-refractivity contribution >= 4 is 54.1 Å². The Morgan fingerprint density at radius 3 is 1.67 bits per heavy atom. The molecule has 0 aliphatic rings. The van der Waals surface area contributed by atoms with Crippen LogP contribution in [0.4, 0.5) is 0 Å². The molecule has 0 spiro atoms. The molecule has 4 heteroatoms. The monoisotopic (exact) mass is 700 g/mol. The van der Waals surface area contributed by atoms with Crippen molar-refractivity contribution in [1.82, 2.24) is 19.5 Å². The van der Waals surface area contributed by atoms with Gasteiger partial charge in [0.15, 0.2) is 17.5 Å². The van der Waals surface area contributed by atoms with E-state index in [1.54, 1.807) is 0 Å². The van der Waals surface area contributed by atoms with Crippen LogP contribution in [0.2, 0.25) is 0 Å². The van der Waals surface area contributed by atoms with Crippen molar-refractivity contribution in [3.63, 3.8) is 0 Å². The summed E-state index contributed by atoms with van der Waals surface area (Å²) in [4.78, 5) is 15.5. The van der Waals surface area contributed by atoms with Gasteiger partial charge < -0.3 is 4.57 Å². The van der Waals surface area contributed by atoms with Gasteiger partial charge in [-0.25, -0.2) is 15.0 Å². The Kier molecular flexibility index (Phi) is 7.14. The molecule has 2 heterocycles. The van der Waals surface area contributed by atoms with Crippen molar-refractivity contribution < 1.29 is 0 Å². The molecule has 4 nitrogen and oxygen atoms in total. The van der Waals surface area contributed by atoms with E-state index in [0.717, 1.165) is 44.3 Å². The fourth-order valence-electron chi connectivity index (χ4n) is 8.20. The van der Waals surface area contributed by atoms with Gasteiger partial charge in [-0.2, -0.15) is 0 Å². The first-order chi connectivity index (χ1) is 27.3. The number of hydrogen-bond acceptors (Lipinski definition) is 3. The van der Waals surface area contributed by atoms with Crippen LogP contribution < -0.4 is 0 Å². The predicted molar refractivity (Wildman–Crippen MR) is 228 cm³/mol. The van der Waals surface area contributed by atoms with Gasteiger partial charge in [0.05, 0.1) is 16.7 Å². The summed E-state index contributed by atoms with van der Waals surface area (Å²) >= 11 is 0. The van der Waals surface area contributed by atoms with Gasteiger partial charge in [-0.15, -0.1) is 0 Å². The Labute approximate surface area is 317 Å². The van der Waals surface area contributed by atoms with Crippen LogP contribution in [0.5, 0.6) is 0 Å². The highest BCUT2D eigenvalue weighted by Crippen LogP contribution is 2.41. The van der Waals surface area contributed by atoms with Crippen molar-refractivity contribution in [2.45, 2.75) is 0 Å². The molecule has 0 unspecified atom stereocenters. The maximum absolute atomic E-state index is 5.22. The topological polar surface area (TPSA) is 43.6 Å². The SMILES string of the molecule is c1ccc(-c2cccc(-c3nc(-c4ccccc4)nc(-c4ccc(-n5c6cc7ccccc7cc6c6ccc7ccccc7c65)c5ccccc45)n3)c2)cc1. The summed E-state index contributed by atoms with van der Waals surface area (Å²) in [6, 6.07) is 68.7. The Balaban J connectivity index is 1.17. The second kappa shape index (κ2) is 12.6. The van der Waals surface area contributed by atoms with E-state index in [2.05, 4.69) is 174 Å². The third kappa shape index (κ3) is 5.19. The standard InChI is InChI=1S/C51H32N4/c1-3-14-33(15-4-1)36-21-13-22-39(30-36)50-52-49(35-17-5-2-6-18-35)53-51(54-50)44-28-29-46(42-25-12-11-24-41(42)44)55-47-32-38-20-8-7-19-37(38)31-45(47)43-27-26-34-16-9-10-23-40(34)48(43)55/h1-32H. The summed E-state index contributed by atoms with van der Waals surface area (Å²) in [6.45, 7) is 0. The van der Waals surface area contributed by atoms with E-state index >= 15 is 0 Å². The lowest BCUT2D eigenvalue weighted by molar-refractivity contribution is 1.08. The molecule has 0 aliphatic heterocycles. The van der Waals surface area contributed by atoms with E-state index in [1.807, 2.05) is 24.3 Å². The lowest BCUT2D eigenvalue weighted by Gasteiger charge is -2.16. The minimum absolute atomic E-state index is 0.635. The van der Waals surface area contributed by atoms with Gasteiger partial charge in [0.2, 0.25) is 0 Å². The number of aromatic nitrogens is 4. The lowest BCUT2D eigenvalue weighted by Crippen LogP contribution is -2.02. The zero-order valence-corrected chi connectivity index (χ0v) is 29.8. The first kappa shape index (κ1) is 31.1. The minimum atomic E-state index is 0.635. The molecule has 0 fully saturated rings. The quantitative estimate of drug-likeness (QED) is 0.179. The highest BCUT2D eigenvalue weighted by Gasteiger charge is 2.20. The molecule has 0 aliphatic carbocycles. The number of benzene rings is 9. The van der Waals surface area contributed by atoms with Gasteiger partial charge >= 0.3 is 0 Å². The van der Waals surface area contributed by atoms with E-state index in [-0.39, 0.29) is 0 Å². The molecule has 55 heavy (non-hydrogen) atoms. The van der Waals surface area contributed by atoms with Crippen molar-refractivity contribution in [3.05, 3.63) is 194 Å². The maximum Gasteiger partial charge on any atom is 0.164 e. The fraction of sp³-hybridized carbons (Fsp3) is 0. The second-order valence-electron chi connectivity index (χ2n) is 14.0. The summed E-state index contributed by atoms with van der Waals surface area (Å²) in [5, 5.41) is 9.55. The maximum atomic E-state index is 5.22. The highest BCUT2D eigenvalue weighted by atomic mass is 15.0. The summed E-state index contributed by atoms with van der Waals surface area (Å²) in [6.07, 6.45) is 0. The molecule has 0 N–H and O–H groups in total. The summed E-state index contributed by atoms with van der Waals surface area (Å²) in [5.74, 6) is 1.91. The average molecular weight is 701 g/mol. The predicted octanol–water partition coefficient (Wildman–Crippen LogP) is 13.1. The number of hydrogen-bond donors (Lipinski definition) is 0. The fourth-order valence-corrected chi connectivity index (χ4v) is 8.20. The van der Waals surface area contributed by atoms with E-state index in [9.17, 15) is 0 Å². The van der Waals surface area contributed by atoms with Crippen LogP contribution in [0, 0.1) is 0 Å². The number of fused-ring (bicyclic) bond motifs is 7. The largest absolute Gasteiger partial charge is 0.308 e. The van der Waals surface area contributed by atoms with E-state index in [0.29, 0.717) is 17.5 Å². The van der Waals surface area contributed by atoms with Gasteiger partial charge in [-0.1, -0.05) is 164 Å². The molecule has 0 amide bonds. The number of nitrogens with zero attached hydrogens (tertiary/aromatic N) is 4. The molecule has 11 aromatic rings. The van der Waals surface area contributed by atoms with Crippen molar-refractivity contribution in [2.75, 3.05) is 0 Å². The minimum Gasteiger partial charge on any atom is -0.308 e. The summed E-state index contributed by atoms with van der Waals surface area (Å²) in [7, 11) is 0. The van der Waals surface area contributed by atoms with Crippen molar-refractivity contribution in [2.24, 2.45) is 0 Å². The Bertz CT molecular complexity index is 3260. The smallest absolute Gasteiger partial charge is 0.164 e. The normalized spacial score (nSPS) is 11.6. The zero-order valence-electron chi connectivity index (χ0n) is 29.8. The van der Waals surface area contributed by atoms with Gasteiger partial charge in [-0.05, 0) is 63.0 Å². The highest BCUT2D eigenvalue weighted by molar-refractivity contribution is 6.21. The molecule has 2 aromatic heterocycles. The average Bonchev–Trinajstić information content (AvgIpc) is 3.59. The molecule has 0 saturated heterocycles. The van der Waals surface area contributed by atoms with E-state index in [4.69, 9.17) is 15.0 Å². The third-order valence-electron chi connectivity index (χ3n) is 10.8. The Hall–Kier alpha value is -7.43. The van der Waals surface area contributed by atoms with Crippen LogP contribution >= 0.6 is 0 Å². The van der Waals surface area contributed by atoms with Crippen molar-refractivity contribution in [1.29, 1.82) is 0 Å². The Morgan fingerprint density at radius 2 is 0.891 bits per heavy atom. The second-order valence-corrected chi connectivity index (χ2v) is 14.0. The van der Waals surface area contributed by atoms with Gasteiger partial charge in [-0.3, -0.25) is 0 Å².